The Balaban J connectivity index is 1.73. The van der Waals surface area contributed by atoms with Crippen LogP contribution in [0.1, 0.15) is 37.8 Å². The Hall–Kier alpha value is -1.81. The molecule has 0 atom stereocenters. The highest BCUT2D eigenvalue weighted by Crippen LogP contribution is 2.24. The number of rotatable bonds is 8. The fourth-order valence-electron chi connectivity index (χ4n) is 2.34. The zero-order valence-electron chi connectivity index (χ0n) is 14.3. The first-order chi connectivity index (χ1) is 11.6. The van der Waals surface area contributed by atoms with Gasteiger partial charge in [-0.05, 0) is 70.6 Å². The molecule has 0 saturated carbocycles. The van der Waals surface area contributed by atoms with Crippen molar-refractivity contribution in [3.05, 3.63) is 58.1 Å². The number of carbonyl (C=O) groups excluding carboxylic acids is 1. The van der Waals surface area contributed by atoms with Gasteiger partial charge in [0.25, 0.3) is 0 Å². The predicted octanol–water partition coefficient (Wildman–Crippen LogP) is 5.37. The SMILES string of the molecule is CCc1ccc(OCCCC(=O)Nc2ccc(CC)cc2Br)cc1. The van der Waals surface area contributed by atoms with Gasteiger partial charge in [-0.15, -0.1) is 0 Å². The summed E-state index contributed by atoms with van der Waals surface area (Å²) in [5, 5.41) is 2.93. The molecule has 1 N–H and O–H groups in total. The molecule has 0 fully saturated rings. The van der Waals surface area contributed by atoms with E-state index in [4.69, 9.17) is 4.74 Å². The normalized spacial score (nSPS) is 10.5. The number of nitrogens with one attached hydrogen (secondary N) is 1. The number of hydrogen-bond acceptors (Lipinski definition) is 2. The highest BCUT2D eigenvalue weighted by molar-refractivity contribution is 9.10. The number of anilines is 1. The van der Waals surface area contributed by atoms with Crippen molar-refractivity contribution >= 4 is 27.5 Å². The van der Waals surface area contributed by atoms with E-state index in [9.17, 15) is 4.79 Å². The third-order valence-electron chi connectivity index (χ3n) is 3.86. The lowest BCUT2D eigenvalue weighted by molar-refractivity contribution is -0.116. The Kier molecular flexibility index (Phi) is 7.32. The summed E-state index contributed by atoms with van der Waals surface area (Å²) in [7, 11) is 0. The van der Waals surface area contributed by atoms with Crippen molar-refractivity contribution in [2.75, 3.05) is 11.9 Å². The Bertz CT molecular complexity index is 668. The average molecular weight is 390 g/mol. The van der Waals surface area contributed by atoms with Crippen LogP contribution in [0, 0.1) is 0 Å². The largest absolute Gasteiger partial charge is 0.494 e. The van der Waals surface area contributed by atoms with Crippen LogP contribution in [0.3, 0.4) is 0 Å². The minimum atomic E-state index is 0.00452. The van der Waals surface area contributed by atoms with Gasteiger partial charge >= 0.3 is 0 Å². The van der Waals surface area contributed by atoms with Crippen molar-refractivity contribution in [2.45, 2.75) is 39.5 Å². The van der Waals surface area contributed by atoms with Crippen LogP contribution in [0.2, 0.25) is 0 Å². The molecule has 0 aromatic heterocycles. The minimum Gasteiger partial charge on any atom is -0.494 e. The van der Waals surface area contributed by atoms with E-state index in [-0.39, 0.29) is 5.91 Å². The number of aryl methyl sites for hydroxylation is 2. The monoisotopic (exact) mass is 389 g/mol. The van der Waals surface area contributed by atoms with E-state index in [2.05, 4.69) is 47.2 Å². The van der Waals surface area contributed by atoms with Crippen molar-refractivity contribution in [1.29, 1.82) is 0 Å². The second-order valence-electron chi connectivity index (χ2n) is 5.67. The molecule has 0 unspecified atom stereocenters. The van der Waals surface area contributed by atoms with Crippen LogP contribution in [0.25, 0.3) is 0 Å². The van der Waals surface area contributed by atoms with E-state index < -0.39 is 0 Å². The summed E-state index contributed by atoms with van der Waals surface area (Å²) in [4.78, 5) is 12.0. The van der Waals surface area contributed by atoms with Gasteiger partial charge in [0.05, 0.1) is 12.3 Å². The molecule has 128 valence electrons. The van der Waals surface area contributed by atoms with E-state index in [1.807, 2.05) is 30.3 Å². The second kappa shape index (κ2) is 9.48. The molecule has 0 bridgehead atoms. The molecule has 0 radical (unpaired) electrons. The van der Waals surface area contributed by atoms with Gasteiger partial charge in [0.15, 0.2) is 0 Å². The lowest BCUT2D eigenvalue weighted by atomic mass is 10.1. The van der Waals surface area contributed by atoms with Crippen molar-refractivity contribution < 1.29 is 9.53 Å². The molecule has 0 spiro atoms. The van der Waals surface area contributed by atoms with Gasteiger partial charge in [0.1, 0.15) is 5.75 Å². The summed E-state index contributed by atoms with van der Waals surface area (Å²) >= 11 is 3.50. The fraction of sp³-hybridized carbons (Fsp3) is 0.350. The molecule has 2 aromatic carbocycles. The third kappa shape index (κ3) is 5.68. The lowest BCUT2D eigenvalue weighted by Crippen LogP contribution is -2.13. The summed E-state index contributed by atoms with van der Waals surface area (Å²) in [6.45, 7) is 4.77. The van der Waals surface area contributed by atoms with Gasteiger partial charge in [0.2, 0.25) is 5.91 Å². The van der Waals surface area contributed by atoms with Crippen molar-refractivity contribution in [3.63, 3.8) is 0 Å². The van der Waals surface area contributed by atoms with Gasteiger partial charge in [-0.2, -0.15) is 0 Å². The highest BCUT2D eigenvalue weighted by atomic mass is 79.9. The van der Waals surface area contributed by atoms with Crippen LogP contribution < -0.4 is 10.1 Å². The minimum absolute atomic E-state index is 0.00452. The number of halogens is 1. The van der Waals surface area contributed by atoms with Crippen molar-refractivity contribution in [2.24, 2.45) is 0 Å². The quantitative estimate of drug-likeness (QED) is 0.616. The highest BCUT2D eigenvalue weighted by Gasteiger charge is 2.06. The molecule has 4 heteroatoms. The molecule has 1 amide bonds. The Morgan fingerprint density at radius 3 is 2.33 bits per heavy atom. The number of benzene rings is 2. The van der Waals surface area contributed by atoms with Crippen LogP contribution >= 0.6 is 15.9 Å². The average Bonchev–Trinajstić information content (AvgIpc) is 2.61. The molecule has 0 aliphatic heterocycles. The predicted molar refractivity (Wildman–Crippen MR) is 103 cm³/mol. The smallest absolute Gasteiger partial charge is 0.224 e. The van der Waals surface area contributed by atoms with Crippen molar-refractivity contribution in [3.8, 4) is 5.75 Å². The zero-order chi connectivity index (χ0) is 17.4. The number of carbonyl (C=O) groups is 1. The van der Waals surface area contributed by atoms with Crippen LogP contribution in [0.15, 0.2) is 46.9 Å². The Morgan fingerprint density at radius 1 is 1.04 bits per heavy atom. The third-order valence-corrected chi connectivity index (χ3v) is 4.52. The summed E-state index contributed by atoms with van der Waals surface area (Å²) in [5.74, 6) is 0.857. The van der Waals surface area contributed by atoms with Gasteiger partial charge in [-0.25, -0.2) is 0 Å². The molecule has 3 nitrogen and oxygen atoms in total. The first kappa shape index (κ1) is 18.5. The van der Waals surface area contributed by atoms with E-state index in [1.54, 1.807) is 0 Å². The van der Waals surface area contributed by atoms with Gasteiger partial charge < -0.3 is 10.1 Å². The summed E-state index contributed by atoms with van der Waals surface area (Å²) in [6.07, 6.45) is 3.12. The Labute approximate surface area is 152 Å². The van der Waals surface area contributed by atoms with Gasteiger partial charge in [0, 0.05) is 10.9 Å². The van der Waals surface area contributed by atoms with E-state index >= 15 is 0 Å². The molecular weight excluding hydrogens is 366 g/mol. The molecule has 0 aliphatic carbocycles. The maximum atomic E-state index is 12.0. The lowest BCUT2D eigenvalue weighted by Gasteiger charge is -2.09. The number of amides is 1. The van der Waals surface area contributed by atoms with E-state index in [0.29, 0.717) is 19.4 Å². The molecule has 24 heavy (non-hydrogen) atoms. The maximum Gasteiger partial charge on any atom is 0.224 e. The number of hydrogen-bond donors (Lipinski definition) is 1. The zero-order valence-corrected chi connectivity index (χ0v) is 15.9. The number of ether oxygens (including phenoxy) is 1. The van der Waals surface area contributed by atoms with Gasteiger partial charge in [-0.3, -0.25) is 4.79 Å². The Morgan fingerprint density at radius 2 is 1.71 bits per heavy atom. The van der Waals surface area contributed by atoms with Crippen LogP contribution in [-0.2, 0) is 17.6 Å². The van der Waals surface area contributed by atoms with E-state index in [1.165, 1.54) is 11.1 Å². The summed E-state index contributed by atoms with van der Waals surface area (Å²) in [5.41, 5.74) is 3.34. The van der Waals surface area contributed by atoms with Crippen LogP contribution in [0.5, 0.6) is 5.75 Å². The first-order valence-corrected chi connectivity index (χ1v) is 9.21. The second-order valence-corrected chi connectivity index (χ2v) is 6.52. The molecule has 0 saturated heterocycles. The fourth-order valence-corrected chi connectivity index (χ4v) is 2.86. The maximum absolute atomic E-state index is 12.0. The van der Waals surface area contributed by atoms with Gasteiger partial charge in [-0.1, -0.05) is 32.0 Å². The van der Waals surface area contributed by atoms with Crippen LogP contribution in [-0.4, -0.2) is 12.5 Å². The molecule has 2 rings (SSSR count). The standard InChI is InChI=1S/C20H24BrNO2/c1-3-15-7-10-17(11-8-15)24-13-5-6-20(23)22-19-12-9-16(4-2)14-18(19)21/h7-12,14H,3-6,13H2,1-2H3,(H,22,23). The van der Waals surface area contributed by atoms with Crippen molar-refractivity contribution in [1.82, 2.24) is 0 Å². The van der Waals surface area contributed by atoms with Crippen LogP contribution in [0.4, 0.5) is 5.69 Å². The summed E-state index contributed by atoms with van der Waals surface area (Å²) in [6, 6.07) is 14.1. The molecule has 0 aliphatic rings. The topological polar surface area (TPSA) is 38.3 Å². The molecule has 2 aromatic rings. The molecular formula is C20H24BrNO2. The summed E-state index contributed by atoms with van der Waals surface area (Å²) < 4.78 is 6.59. The first-order valence-electron chi connectivity index (χ1n) is 8.42. The van der Waals surface area contributed by atoms with E-state index in [0.717, 1.165) is 28.8 Å². The molecule has 0 heterocycles.